The predicted molar refractivity (Wildman–Crippen MR) is 54.2 cm³/mol. The molecule has 14 heavy (non-hydrogen) atoms. The molecule has 3 atom stereocenters. The van der Waals surface area contributed by atoms with Crippen LogP contribution in [0.3, 0.4) is 0 Å². The highest BCUT2D eigenvalue weighted by atomic mass is 16.2. The van der Waals surface area contributed by atoms with Crippen LogP contribution in [0, 0.1) is 5.92 Å². The molecule has 0 bridgehead atoms. The van der Waals surface area contributed by atoms with Gasteiger partial charge in [0.1, 0.15) is 6.04 Å². The van der Waals surface area contributed by atoms with Crippen molar-refractivity contribution in [3.05, 3.63) is 0 Å². The summed E-state index contributed by atoms with van der Waals surface area (Å²) < 4.78 is 0. The van der Waals surface area contributed by atoms with Crippen LogP contribution in [0.5, 0.6) is 0 Å². The summed E-state index contributed by atoms with van der Waals surface area (Å²) in [6, 6.07) is -1.25. The molecule has 0 rings (SSSR count). The van der Waals surface area contributed by atoms with Crippen LogP contribution in [-0.2, 0) is 9.59 Å². The fourth-order valence-corrected chi connectivity index (χ4v) is 1.01. The summed E-state index contributed by atoms with van der Waals surface area (Å²) in [5, 5.41) is 2.53. The average molecular weight is 201 g/mol. The van der Waals surface area contributed by atoms with E-state index >= 15 is 0 Å². The van der Waals surface area contributed by atoms with E-state index in [0.29, 0.717) is 0 Å². The first-order valence-corrected chi connectivity index (χ1v) is 4.75. The van der Waals surface area contributed by atoms with E-state index in [-0.39, 0.29) is 11.8 Å². The summed E-state index contributed by atoms with van der Waals surface area (Å²) in [6.45, 7) is 5.35. The van der Waals surface area contributed by atoms with Crippen LogP contribution in [0.4, 0.5) is 0 Å². The number of hydrogen-bond donors (Lipinski definition) is 3. The largest absolute Gasteiger partial charge is 0.368 e. The molecule has 0 aliphatic heterocycles. The lowest BCUT2D eigenvalue weighted by molar-refractivity contribution is -0.129. The highest BCUT2D eigenvalue weighted by Crippen LogP contribution is 2.07. The van der Waals surface area contributed by atoms with Gasteiger partial charge in [0.2, 0.25) is 11.8 Å². The maximum atomic E-state index is 11.2. The van der Waals surface area contributed by atoms with E-state index < -0.39 is 18.0 Å². The van der Waals surface area contributed by atoms with Crippen molar-refractivity contribution < 1.29 is 9.59 Å². The van der Waals surface area contributed by atoms with Crippen LogP contribution in [0.15, 0.2) is 0 Å². The fraction of sp³-hybridized carbons (Fsp3) is 0.778. The molecular formula is C9H19N3O2. The van der Waals surface area contributed by atoms with Crippen molar-refractivity contribution in [2.75, 3.05) is 0 Å². The van der Waals surface area contributed by atoms with E-state index in [1.165, 1.54) is 0 Å². The molecule has 0 aromatic carbocycles. The Morgan fingerprint density at radius 1 is 1.36 bits per heavy atom. The zero-order valence-corrected chi connectivity index (χ0v) is 8.91. The third-order valence-corrected chi connectivity index (χ3v) is 2.23. The minimum atomic E-state index is -0.626. The molecule has 0 aliphatic rings. The van der Waals surface area contributed by atoms with Gasteiger partial charge in [-0.2, -0.15) is 0 Å². The Hall–Kier alpha value is -1.10. The highest BCUT2D eigenvalue weighted by molar-refractivity contribution is 5.88. The number of hydrogen-bond acceptors (Lipinski definition) is 3. The number of carbonyl (C=O) groups excluding carboxylic acids is 2. The number of nitrogens with two attached hydrogens (primary N) is 2. The van der Waals surface area contributed by atoms with Gasteiger partial charge in [0.25, 0.3) is 0 Å². The maximum Gasteiger partial charge on any atom is 0.240 e. The van der Waals surface area contributed by atoms with Gasteiger partial charge in [-0.25, -0.2) is 0 Å². The van der Waals surface area contributed by atoms with Crippen molar-refractivity contribution in [3.8, 4) is 0 Å². The first-order chi connectivity index (χ1) is 6.40. The molecule has 0 aromatic heterocycles. The van der Waals surface area contributed by atoms with Gasteiger partial charge in [-0.3, -0.25) is 9.59 Å². The maximum absolute atomic E-state index is 11.2. The number of amides is 2. The van der Waals surface area contributed by atoms with Crippen molar-refractivity contribution in [2.24, 2.45) is 17.4 Å². The summed E-state index contributed by atoms with van der Waals surface area (Å²) in [4.78, 5) is 22.3. The minimum absolute atomic E-state index is 0.0233. The van der Waals surface area contributed by atoms with Crippen LogP contribution in [0.2, 0.25) is 0 Å². The number of nitrogens with one attached hydrogen (secondary N) is 1. The lowest BCUT2D eigenvalue weighted by atomic mass is 9.98. The molecule has 0 aliphatic carbocycles. The monoisotopic (exact) mass is 201 g/mol. The normalized spacial score (nSPS) is 16.9. The van der Waals surface area contributed by atoms with Crippen LogP contribution in [0.1, 0.15) is 27.2 Å². The molecule has 0 saturated heterocycles. The molecule has 5 nitrogen and oxygen atoms in total. The molecule has 0 fully saturated rings. The van der Waals surface area contributed by atoms with Gasteiger partial charge >= 0.3 is 0 Å². The second-order valence-corrected chi connectivity index (χ2v) is 3.56. The topological polar surface area (TPSA) is 98.2 Å². The first-order valence-electron chi connectivity index (χ1n) is 4.75. The molecule has 0 radical (unpaired) electrons. The van der Waals surface area contributed by atoms with Gasteiger partial charge in [-0.1, -0.05) is 20.3 Å². The van der Waals surface area contributed by atoms with Gasteiger partial charge in [0.15, 0.2) is 0 Å². The quantitative estimate of drug-likeness (QED) is 0.551. The first kappa shape index (κ1) is 12.9. The van der Waals surface area contributed by atoms with E-state index in [9.17, 15) is 9.59 Å². The third kappa shape index (κ3) is 3.74. The third-order valence-electron chi connectivity index (χ3n) is 2.23. The van der Waals surface area contributed by atoms with Crippen molar-refractivity contribution in [2.45, 2.75) is 39.3 Å². The van der Waals surface area contributed by atoms with Gasteiger partial charge in [-0.15, -0.1) is 0 Å². The van der Waals surface area contributed by atoms with Crippen molar-refractivity contribution in [1.82, 2.24) is 5.32 Å². The molecule has 82 valence electrons. The lowest BCUT2D eigenvalue weighted by Gasteiger charge is -2.21. The molecule has 0 unspecified atom stereocenters. The van der Waals surface area contributed by atoms with E-state index in [1.807, 2.05) is 13.8 Å². The van der Waals surface area contributed by atoms with Crippen molar-refractivity contribution >= 4 is 11.8 Å². The smallest absolute Gasteiger partial charge is 0.240 e. The zero-order chi connectivity index (χ0) is 11.3. The SMILES string of the molecule is CC[C@H](C)[C@H](NC(=O)[C@H](C)N)C(N)=O. The van der Waals surface area contributed by atoms with E-state index in [4.69, 9.17) is 11.5 Å². The Morgan fingerprint density at radius 2 is 1.86 bits per heavy atom. The number of primary amides is 1. The van der Waals surface area contributed by atoms with Gasteiger partial charge in [0.05, 0.1) is 6.04 Å². The Morgan fingerprint density at radius 3 is 2.14 bits per heavy atom. The Balaban J connectivity index is 4.38. The van der Waals surface area contributed by atoms with Gasteiger partial charge < -0.3 is 16.8 Å². The van der Waals surface area contributed by atoms with Crippen molar-refractivity contribution in [1.29, 1.82) is 0 Å². The van der Waals surface area contributed by atoms with Crippen LogP contribution in [-0.4, -0.2) is 23.9 Å². The number of rotatable bonds is 5. The summed E-state index contributed by atoms with van der Waals surface area (Å²) in [6.07, 6.45) is 0.771. The molecule has 0 spiro atoms. The molecular weight excluding hydrogens is 182 g/mol. The minimum Gasteiger partial charge on any atom is -0.368 e. The van der Waals surface area contributed by atoms with Crippen LogP contribution >= 0.6 is 0 Å². The van der Waals surface area contributed by atoms with E-state index in [1.54, 1.807) is 6.92 Å². The van der Waals surface area contributed by atoms with E-state index in [2.05, 4.69) is 5.32 Å². The molecule has 2 amide bonds. The van der Waals surface area contributed by atoms with Crippen molar-refractivity contribution in [3.63, 3.8) is 0 Å². The summed E-state index contributed by atoms with van der Waals surface area (Å²) in [5.41, 5.74) is 10.5. The Labute approximate surface area is 84.2 Å². The lowest BCUT2D eigenvalue weighted by Crippen LogP contribution is -2.52. The second-order valence-electron chi connectivity index (χ2n) is 3.56. The standard InChI is InChI=1S/C9H19N3O2/c1-4-5(2)7(8(11)13)12-9(14)6(3)10/h5-7H,4,10H2,1-3H3,(H2,11,13)(H,12,14)/t5-,6-,7-/m0/s1. The second kappa shape index (κ2) is 5.59. The van der Waals surface area contributed by atoms with Gasteiger partial charge in [0, 0.05) is 0 Å². The van der Waals surface area contributed by atoms with Gasteiger partial charge in [-0.05, 0) is 12.8 Å². The molecule has 0 heterocycles. The average Bonchev–Trinajstić information content (AvgIpc) is 2.11. The molecule has 5 N–H and O–H groups in total. The molecule has 5 heteroatoms. The summed E-state index contributed by atoms with van der Waals surface area (Å²) in [7, 11) is 0. The number of carbonyl (C=O) groups is 2. The summed E-state index contributed by atoms with van der Waals surface area (Å²) >= 11 is 0. The van der Waals surface area contributed by atoms with Crippen LogP contribution < -0.4 is 16.8 Å². The van der Waals surface area contributed by atoms with Crippen LogP contribution in [0.25, 0.3) is 0 Å². The highest BCUT2D eigenvalue weighted by Gasteiger charge is 2.24. The predicted octanol–water partition coefficient (Wildman–Crippen LogP) is -0.650. The Kier molecular flexibility index (Phi) is 5.15. The molecule has 0 aromatic rings. The fourth-order valence-electron chi connectivity index (χ4n) is 1.01. The zero-order valence-electron chi connectivity index (χ0n) is 8.91. The van der Waals surface area contributed by atoms with E-state index in [0.717, 1.165) is 6.42 Å². The Bertz CT molecular complexity index is 216. The molecule has 0 saturated carbocycles. The summed E-state index contributed by atoms with van der Waals surface area (Å²) in [5.74, 6) is -0.849.